The Bertz CT molecular complexity index is 270. The van der Waals surface area contributed by atoms with Gasteiger partial charge in [0.1, 0.15) is 13.2 Å². The average molecular weight is 344 g/mol. The molecule has 6 heteroatoms. The number of hydrogen-bond acceptors (Lipinski definition) is 4. The van der Waals surface area contributed by atoms with Gasteiger partial charge >= 0.3 is 11.9 Å². The van der Waals surface area contributed by atoms with Gasteiger partial charge in [0.15, 0.2) is 0 Å². The van der Waals surface area contributed by atoms with Crippen molar-refractivity contribution < 1.29 is 19.1 Å². The first-order chi connectivity index (χ1) is 6.79. The summed E-state index contributed by atoms with van der Waals surface area (Å²) in [6, 6.07) is 0. The van der Waals surface area contributed by atoms with Crippen LogP contribution in [-0.2, 0) is 19.1 Å². The molecule has 0 radical (unpaired) electrons. The molecule has 0 amide bonds. The first-order valence-corrected chi connectivity index (χ1v) is 6.02. The molecular formula is C9H12Br2O4. The van der Waals surface area contributed by atoms with Crippen LogP contribution in [0.15, 0.2) is 0 Å². The van der Waals surface area contributed by atoms with Crippen LogP contribution < -0.4 is 0 Å². The maximum atomic E-state index is 10.7. The molecule has 15 heavy (non-hydrogen) atoms. The Morgan fingerprint density at radius 3 is 1.67 bits per heavy atom. The number of alkyl halides is 2. The van der Waals surface area contributed by atoms with Gasteiger partial charge in [-0.3, -0.25) is 9.59 Å². The second kappa shape index (κ2) is 4.41. The van der Waals surface area contributed by atoms with E-state index in [9.17, 15) is 9.59 Å². The van der Waals surface area contributed by atoms with E-state index in [-0.39, 0.29) is 33.8 Å². The van der Waals surface area contributed by atoms with Crippen molar-refractivity contribution in [2.24, 2.45) is 5.41 Å². The largest absolute Gasteiger partial charge is 0.465 e. The maximum absolute atomic E-state index is 10.7. The Morgan fingerprint density at radius 2 is 1.47 bits per heavy atom. The van der Waals surface area contributed by atoms with Crippen LogP contribution in [0.1, 0.15) is 20.3 Å². The predicted molar refractivity (Wildman–Crippen MR) is 60.9 cm³/mol. The van der Waals surface area contributed by atoms with E-state index in [0.29, 0.717) is 0 Å². The molecule has 0 heterocycles. The first-order valence-electron chi connectivity index (χ1n) is 4.44. The van der Waals surface area contributed by atoms with E-state index in [4.69, 9.17) is 9.47 Å². The molecule has 0 aliphatic heterocycles. The number of rotatable bonds is 4. The summed E-state index contributed by atoms with van der Waals surface area (Å²) in [6.07, 6.45) is 0.751. The Morgan fingerprint density at radius 1 is 1.13 bits per heavy atom. The Balaban J connectivity index is 2.50. The van der Waals surface area contributed by atoms with Crippen LogP contribution >= 0.6 is 31.9 Å². The van der Waals surface area contributed by atoms with Crippen molar-refractivity contribution in [3.63, 3.8) is 0 Å². The monoisotopic (exact) mass is 342 g/mol. The summed E-state index contributed by atoms with van der Waals surface area (Å²) >= 11 is 6.89. The van der Waals surface area contributed by atoms with Gasteiger partial charge in [-0.25, -0.2) is 0 Å². The Hall–Kier alpha value is -0.100. The van der Waals surface area contributed by atoms with E-state index in [1.807, 2.05) is 0 Å². The SMILES string of the molecule is CC(=O)OCC1(COC(C)=O)CC1(Br)Br. The van der Waals surface area contributed by atoms with Gasteiger partial charge in [0.2, 0.25) is 0 Å². The van der Waals surface area contributed by atoms with E-state index < -0.39 is 0 Å². The van der Waals surface area contributed by atoms with Crippen LogP contribution in [-0.4, -0.2) is 28.4 Å². The van der Waals surface area contributed by atoms with E-state index in [0.717, 1.165) is 6.42 Å². The van der Waals surface area contributed by atoms with Crippen LogP contribution in [0.4, 0.5) is 0 Å². The highest BCUT2D eigenvalue weighted by Crippen LogP contribution is 2.66. The van der Waals surface area contributed by atoms with Gasteiger partial charge in [0.25, 0.3) is 0 Å². The van der Waals surface area contributed by atoms with Gasteiger partial charge in [-0.1, -0.05) is 31.9 Å². The third kappa shape index (κ3) is 3.17. The van der Waals surface area contributed by atoms with E-state index in [1.54, 1.807) is 0 Å². The van der Waals surface area contributed by atoms with E-state index in [2.05, 4.69) is 31.9 Å². The van der Waals surface area contributed by atoms with Gasteiger partial charge in [-0.05, 0) is 6.42 Å². The second-order valence-electron chi connectivity index (χ2n) is 3.72. The number of carbonyl (C=O) groups is 2. The first kappa shape index (κ1) is 13.0. The van der Waals surface area contributed by atoms with Crippen molar-refractivity contribution in [3.8, 4) is 0 Å². The highest BCUT2D eigenvalue weighted by atomic mass is 79.9. The molecule has 0 bridgehead atoms. The molecule has 0 aromatic carbocycles. The fourth-order valence-corrected chi connectivity index (χ4v) is 2.75. The standard InChI is InChI=1S/C9H12Br2O4/c1-6(12)14-4-8(3-9(8,10)11)5-15-7(2)13/h3-5H2,1-2H3. The van der Waals surface area contributed by atoms with Crippen LogP contribution in [0.3, 0.4) is 0 Å². The van der Waals surface area contributed by atoms with E-state index >= 15 is 0 Å². The summed E-state index contributed by atoms with van der Waals surface area (Å²) in [7, 11) is 0. The molecule has 0 aromatic rings. The van der Waals surface area contributed by atoms with Crippen molar-refractivity contribution in [2.45, 2.75) is 23.5 Å². The van der Waals surface area contributed by atoms with Crippen molar-refractivity contribution in [2.75, 3.05) is 13.2 Å². The topological polar surface area (TPSA) is 52.6 Å². The summed E-state index contributed by atoms with van der Waals surface area (Å²) in [5.41, 5.74) is -0.343. The molecule has 1 saturated carbocycles. The van der Waals surface area contributed by atoms with Gasteiger partial charge in [0, 0.05) is 13.8 Å². The molecule has 0 spiro atoms. The Labute approximate surface area is 105 Å². The molecule has 4 nitrogen and oxygen atoms in total. The number of esters is 2. The molecule has 1 aliphatic rings. The smallest absolute Gasteiger partial charge is 0.302 e. The van der Waals surface area contributed by atoms with Crippen LogP contribution in [0.25, 0.3) is 0 Å². The number of ether oxygens (including phenoxy) is 2. The zero-order chi connectivity index (χ0) is 11.7. The summed E-state index contributed by atoms with van der Waals surface area (Å²) in [6.45, 7) is 3.19. The molecule has 0 unspecified atom stereocenters. The van der Waals surface area contributed by atoms with Gasteiger partial charge < -0.3 is 9.47 Å². The molecule has 0 atom stereocenters. The zero-order valence-electron chi connectivity index (χ0n) is 8.51. The molecule has 1 aliphatic carbocycles. The lowest BCUT2D eigenvalue weighted by atomic mass is 10.1. The minimum Gasteiger partial charge on any atom is -0.465 e. The normalized spacial score (nSPS) is 20.5. The average Bonchev–Trinajstić information content (AvgIpc) is 2.63. The molecule has 86 valence electrons. The van der Waals surface area contributed by atoms with E-state index in [1.165, 1.54) is 13.8 Å². The number of hydrogen-bond donors (Lipinski definition) is 0. The third-order valence-corrected chi connectivity index (χ3v) is 4.56. The lowest BCUT2D eigenvalue weighted by molar-refractivity contribution is -0.147. The van der Waals surface area contributed by atoms with Crippen LogP contribution in [0, 0.1) is 5.41 Å². The summed E-state index contributed by atoms with van der Waals surface area (Å²) in [5, 5.41) is 0. The molecule has 1 rings (SSSR count). The van der Waals surface area contributed by atoms with Crippen molar-refractivity contribution >= 4 is 43.8 Å². The van der Waals surface area contributed by atoms with Crippen LogP contribution in [0.5, 0.6) is 0 Å². The summed E-state index contributed by atoms with van der Waals surface area (Å²) < 4.78 is 9.60. The fraction of sp³-hybridized carbons (Fsp3) is 0.778. The highest BCUT2D eigenvalue weighted by Gasteiger charge is 2.66. The fourth-order valence-electron chi connectivity index (χ4n) is 1.22. The maximum Gasteiger partial charge on any atom is 0.302 e. The highest BCUT2D eigenvalue weighted by molar-refractivity contribution is 9.25. The molecule has 0 N–H and O–H groups in total. The Kier molecular flexibility index (Phi) is 3.81. The second-order valence-corrected chi connectivity index (χ2v) is 7.49. The lowest BCUT2D eigenvalue weighted by Gasteiger charge is -2.17. The zero-order valence-corrected chi connectivity index (χ0v) is 11.7. The quantitative estimate of drug-likeness (QED) is 0.578. The van der Waals surface area contributed by atoms with Crippen molar-refractivity contribution in [3.05, 3.63) is 0 Å². The minimum atomic E-state index is -0.343. The summed E-state index contributed by atoms with van der Waals surface area (Å²) in [5.74, 6) is -0.667. The van der Waals surface area contributed by atoms with Crippen LogP contribution in [0.2, 0.25) is 0 Å². The third-order valence-electron chi connectivity index (χ3n) is 2.31. The number of halogens is 2. The van der Waals surface area contributed by atoms with Crippen molar-refractivity contribution in [1.29, 1.82) is 0 Å². The number of carbonyl (C=O) groups excluding carboxylic acids is 2. The molecular weight excluding hydrogens is 332 g/mol. The minimum absolute atomic E-state index is 0.242. The van der Waals surface area contributed by atoms with Crippen molar-refractivity contribution in [1.82, 2.24) is 0 Å². The van der Waals surface area contributed by atoms with Gasteiger partial charge in [-0.15, -0.1) is 0 Å². The molecule has 0 aromatic heterocycles. The summed E-state index contributed by atoms with van der Waals surface area (Å²) in [4.78, 5) is 21.4. The lowest BCUT2D eigenvalue weighted by Crippen LogP contribution is -2.25. The van der Waals surface area contributed by atoms with Gasteiger partial charge in [-0.2, -0.15) is 0 Å². The predicted octanol–water partition coefficient (Wildman–Crippen LogP) is 1.99. The van der Waals surface area contributed by atoms with Gasteiger partial charge in [0.05, 0.1) is 8.65 Å². The molecule has 1 fully saturated rings. The molecule has 0 saturated heterocycles.